The molecule has 0 amide bonds. The van der Waals surface area contributed by atoms with Crippen molar-refractivity contribution in [1.29, 1.82) is 0 Å². The summed E-state index contributed by atoms with van der Waals surface area (Å²) in [5.74, 6) is 1.94. The van der Waals surface area contributed by atoms with Gasteiger partial charge in [0, 0.05) is 0 Å². The van der Waals surface area contributed by atoms with E-state index in [9.17, 15) is 4.39 Å². The smallest absolute Gasteiger partial charge is 0.123 e. The van der Waals surface area contributed by atoms with Gasteiger partial charge in [0.25, 0.3) is 0 Å². The number of halogens is 1. The highest BCUT2D eigenvalue weighted by molar-refractivity contribution is 5.23. The summed E-state index contributed by atoms with van der Waals surface area (Å²) >= 11 is 0. The maximum absolute atomic E-state index is 12.8. The minimum absolute atomic E-state index is 0.137. The van der Waals surface area contributed by atoms with Crippen LogP contribution in [0, 0.1) is 17.7 Å². The van der Waals surface area contributed by atoms with E-state index in [-0.39, 0.29) is 5.82 Å². The molecule has 1 aliphatic rings. The molecule has 0 aromatic heterocycles. The first-order chi connectivity index (χ1) is 8.16. The van der Waals surface area contributed by atoms with Crippen LogP contribution in [0.25, 0.3) is 0 Å². The summed E-state index contributed by atoms with van der Waals surface area (Å²) in [5.41, 5.74) is 1.30. The van der Waals surface area contributed by atoms with Crippen LogP contribution in [-0.4, -0.2) is 13.1 Å². The van der Waals surface area contributed by atoms with Gasteiger partial charge >= 0.3 is 0 Å². The molecule has 1 aliphatic carbocycles. The van der Waals surface area contributed by atoms with Gasteiger partial charge in [0.05, 0.1) is 0 Å². The summed E-state index contributed by atoms with van der Waals surface area (Å²) in [6, 6.07) is 7.03. The Morgan fingerprint density at radius 2 is 1.94 bits per heavy atom. The first kappa shape index (κ1) is 12.6. The van der Waals surface area contributed by atoms with E-state index < -0.39 is 0 Å². The third kappa shape index (κ3) is 3.29. The normalized spacial score (nSPS) is 23.8. The van der Waals surface area contributed by atoms with Crippen LogP contribution < -0.4 is 5.32 Å². The van der Waals surface area contributed by atoms with E-state index in [1.54, 1.807) is 12.1 Å². The molecule has 1 fully saturated rings. The first-order valence-corrected chi connectivity index (χ1v) is 6.63. The molecular formula is C15H22FN. The molecule has 2 atom stereocenters. The van der Waals surface area contributed by atoms with Gasteiger partial charge in [-0.25, -0.2) is 4.39 Å². The summed E-state index contributed by atoms with van der Waals surface area (Å²) in [4.78, 5) is 0. The van der Waals surface area contributed by atoms with E-state index in [1.807, 2.05) is 12.1 Å². The minimum atomic E-state index is -0.137. The van der Waals surface area contributed by atoms with Crippen molar-refractivity contribution >= 4 is 0 Å². The van der Waals surface area contributed by atoms with Gasteiger partial charge in [0.2, 0.25) is 0 Å². The summed E-state index contributed by atoms with van der Waals surface area (Å²) < 4.78 is 12.8. The Morgan fingerprint density at radius 1 is 1.24 bits per heavy atom. The molecule has 2 rings (SSSR count). The molecule has 1 saturated carbocycles. The highest BCUT2D eigenvalue weighted by atomic mass is 19.1. The van der Waals surface area contributed by atoms with Crippen molar-refractivity contribution in [2.24, 2.45) is 11.8 Å². The molecule has 1 N–H and O–H groups in total. The zero-order valence-electron chi connectivity index (χ0n) is 10.7. The summed E-state index contributed by atoms with van der Waals surface area (Å²) in [7, 11) is 0. The number of hydrogen-bond acceptors (Lipinski definition) is 1. The average Bonchev–Trinajstić information content (AvgIpc) is 2.25. The van der Waals surface area contributed by atoms with E-state index in [1.165, 1.54) is 18.4 Å². The van der Waals surface area contributed by atoms with Gasteiger partial charge in [-0.05, 0) is 61.4 Å². The fourth-order valence-corrected chi connectivity index (χ4v) is 2.52. The quantitative estimate of drug-likeness (QED) is 0.822. The summed E-state index contributed by atoms with van der Waals surface area (Å²) in [6.45, 7) is 6.64. The van der Waals surface area contributed by atoms with E-state index in [4.69, 9.17) is 0 Å². The lowest BCUT2D eigenvalue weighted by Gasteiger charge is -2.37. The van der Waals surface area contributed by atoms with Gasteiger partial charge in [-0.3, -0.25) is 0 Å². The molecule has 17 heavy (non-hydrogen) atoms. The number of hydrogen-bond donors (Lipinski definition) is 1. The predicted molar refractivity (Wildman–Crippen MR) is 69.6 cm³/mol. The Balaban J connectivity index is 1.84. The Kier molecular flexibility index (Phi) is 4.16. The Labute approximate surface area is 103 Å². The Hall–Kier alpha value is -0.890. The third-order valence-corrected chi connectivity index (χ3v) is 3.67. The lowest BCUT2D eigenvalue weighted by molar-refractivity contribution is 0.243. The summed E-state index contributed by atoms with van der Waals surface area (Å²) in [5, 5.41) is 3.52. The second-order valence-corrected chi connectivity index (χ2v) is 5.55. The second-order valence-electron chi connectivity index (χ2n) is 5.55. The van der Waals surface area contributed by atoms with Gasteiger partial charge in [-0.1, -0.05) is 26.0 Å². The molecule has 1 nitrogen and oxygen atoms in total. The fourth-order valence-electron chi connectivity index (χ4n) is 2.52. The van der Waals surface area contributed by atoms with Crippen LogP contribution in [0.3, 0.4) is 0 Å². The molecule has 0 aliphatic heterocycles. The zero-order chi connectivity index (χ0) is 12.3. The van der Waals surface area contributed by atoms with Crippen molar-refractivity contribution in [3.8, 4) is 0 Å². The van der Waals surface area contributed by atoms with Crippen molar-refractivity contribution < 1.29 is 4.39 Å². The van der Waals surface area contributed by atoms with Crippen LogP contribution in [0.2, 0.25) is 0 Å². The molecule has 0 spiro atoms. The van der Waals surface area contributed by atoms with Crippen molar-refractivity contribution in [3.05, 3.63) is 35.6 Å². The topological polar surface area (TPSA) is 12.0 Å². The van der Waals surface area contributed by atoms with Crippen molar-refractivity contribution in [2.75, 3.05) is 13.1 Å². The zero-order valence-corrected chi connectivity index (χ0v) is 10.7. The monoisotopic (exact) mass is 235 g/mol. The van der Waals surface area contributed by atoms with E-state index in [2.05, 4.69) is 19.2 Å². The van der Waals surface area contributed by atoms with Gasteiger partial charge in [0.15, 0.2) is 0 Å². The molecule has 0 radical (unpaired) electrons. The molecular weight excluding hydrogens is 213 g/mol. The lowest BCUT2D eigenvalue weighted by Crippen LogP contribution is -2.35. The van der Waals surface area contributed by atoms with Gasteiger partial charge < -0.3 is 5.32 Å². The standard InChI is InChI=1S/C15H22FN/c1-11(2)9-17-10-13-5-8-15(13)12-3-6-14(16)7-4-12/h3-4,6-7,11,13,15,17H,5,8-10H2,1-2H3. The van der Waals surface area contributed by atoms with E-state index in [0.29, 0.717) is 11.8 Å². The molecule has 94 valence electrons. The van der Waals surface area contributed by atoms with Crippen molar-refractivity contribution in [1.82, 2.24) is 5.32 Å². The van der Waals surface area contributed by atoms with Crippen LogP contribution in [0.4, 0.5) is 4.39 Å². The van der Waals surface area contributed by atoms with E-state index in [0.717, 1.165) is 19.0 Å². The molecule has 1 aromatic carbocycles. The molecule has 1 aromatic rings. The van der Waals surface area contributed by atoms with Gasteiger partial charge in [0.1, 0.15) is 5.82 Å². The average molecular weight is 235 g/mol. The van der Waals surface area contributed by atoms with Gasteiger partial charge in [-0.15, -0.1) is 0 Å². The number of rotatable bonds is 5. The highest BCUT2D eigenvalue weighted by Gasteiger charge is 2.31. The third-order valence-electron chi connectivity index (χ3n) is 3.67. The largest absolute Gasteiger partial charge is 0.316 e. The molecule has 2 heteroatoms. The highest BCUT2D eigenvalue weighted by Crippen LogP contribution is 2.41. The number of benzene rings is 1. The number of nitrogens with one attached hydrogen (secondary N) is 1. The second kappa shape index (κ2) is 5.63. The fraction of sp³-hybridized carbons (Fsp3) is 0.600. The molecule has 0 saturated heterocycles. The first-order valence-electron chi connectivity index (χ1n) is 6.63. The van der Waals surface area contributed by atoms with Crippen LogP contribution in [0.15, 0.2) is 24.3 Å². The van der Waals surface area contributed by atoms with Crippen LogP contribution in [-0.2, 0) is 0 Å². The predicted octanol–water partition coefficient (Wildman–Crippen LogP) is 3.56. The molecule has 0 bridgehead atoms. The van der Waals surface area contributed by atoms with Gasteiger partial charge in [-0.2, -0.15) is 0 Å². The minimum Gasteiger partial charge on any atom is -0.316 e. The van der Waals surface area contributed by atoms with Crippen LogP contribution >= 0.6 is 0 Å². The SMILES string of the molecule is CC(C)CNCC1CCC1c1ccc(F)cc1. The van der Waals surface area contributed by atoms with Crippen molar-refractivity contribution in [3.63, 3.8) is 0 Å². The molecule has 0 heterocycles. The maximum Gasteiger partial charge on any atom is 0.123 e. The lowest BCUT2D eigenvalue weighted by atomic mass is 9.70. The maximum atomic E-state index is 12.8. The Morgan fingerprint density at radius 3 is 2.47 bits per heavy atom. The van der Waals surface area contributed by atoms with Crippen LogP contribution in [0.1, 0.15) is 38.2 Å². The molecule has 2 unspecified atom stereocenters. The Bertz CT molecular complexity index is 344. The summed E-state index contributed by atoms with van der Waals surface area (Å²) in [6.07, 6.45) is 2.55. The van der Waals surface area contributed by atoms with E-state index >= 15 is 0 Å². The van der Waals surface area contributed by atoms with Crippen LogP contribution in [0.5, 0.6) is 0 Å². The van der Waals surface area contributed by atoms with Crippen molar-refractivity contribution in [2.45, 2.75) is 32.6 Å².